The van der Waals surface area contributed by atoms with Crippen LogP contribution in [0, 0.1) is 0 Å². The Labute approximate surface area is 113 Å². The van der Waals surface area contributed by atoms with Gasteiger partial charge in [0.25, 0.3) is 0 Å². The molecule has 1 aromatic carbocycles. The fourth-order valence-corrected chi connectivity index (χ4v) is 1.77. The second-order valence-electron chi connectivity index (χ2n) is 3.93. The second kappa shape index (κ2) is 8.26. The van der Waals surface area contributed by atoms with Gasteiger partial charge in [-0.05, 0) is 32.0 Å². The largest absolute Gasteiger partial charge is 0.461 e. The summed E-state index contributed by atoms with van der Waals surface area (Å²) in [5.74, 6) is -0.610. The predicted octanol–water partition coefficient (Wildman–Crippen LogP) is 1.58. The van der Waals surface area contributed by atoms with Crippen molar-refractivity contribution >= 4 is 11.7 Å². The molecule has 5 nitrogen and oxygen atoms in total. The molecule has 19 heavy (non-hydrogen) atoms. The van der Waals surface area contributed by atoms with Gasteiger partial charge in [-0.3, -0.25) is 0 Å². The third kappa shape index (κ3) is 4.37. The van der Waals surface area contributed by atoms with E-state index in [1.54, 1.807) is 19.1 Å². The van der Waals surface area contributed by atoms with Crippen LogP contribution in [0.1, 0.15) is 25.0 Å². The molecule has 0 spiro atoms. The van der Waals surface area contributed by atoms with E-state index in [1.807, 2.05) is 19.1 Å². The fraction of sp³-hybridized carbons (Fsp3) is 0.429. The maximum absolute atomic E-state index is 11.7. The highest BCUT2D eigenvalue weighted by molar-refractivity contribution is 6.43. The van der Waals surface area contributed by atoms with Gasteiger partial charge in [0, 0.05) is 5.56 Å². The average Bonchev–Trinajstić information content (AvgIpc) is 2.42. The number of benzene rings is 1. The van der Waals surface area contributed by atoms with Crippen molar-refractivity contribution in [2.45, 2.75) is 20.3 Å². The number of hydrogen-bond donors (Lipinski definition) is 2. The van der Waals surface area contributed by atoms with Crippen LogP contribution in [0.5, 0.6) is 0 Å². The zero-order valence-electron chi connectivity index (χ0n) is 11.3. The Bertz CT molecular complexity index is 444. The van der Waals surface area contributed by atoms with Crippen molar-refractivity contribution in [3.63, 3.8) is 0 Å². The van der Waals surface area contributed by atoms with Gasteiger partial charge in [-0.2, -0.15) is 0 Å². The van der Waals surface area contributed by atoms with Crippen molar-refractivity contribution in [3.8, 4) is 0 Å². The summed E-state index contributed by atoms with van der Waals surface area (Å²) >= 11 is 0. The minimum Gasteiger partial charge on any atom is -0.461 e. The first-order valence-electron chi connectivity index (χ1n) is 6.42. The van der Waals surface area contributed by atoms with Crippen LogP contribution >= 0.6 is 0 Å². The standard InChI is InChI=1S/C14H20N2O3/c1-3-15-10-9-11-7-5-6-8-12(11)13(16-18)14(17)19-4-2/h5-8,15,18H,3-4,9-10H2,1-2H3. The first-order valence-corrected chi connectivity index (χ1v) is 6.42. The van der Waals surface area contributed by atoms with Crippen LogP contribution in [0.15, 0.2) is 29.4 Å². The normalized spacial score (nSPS) is 11.4. The van der Waals surface area contributed by atoms with Gasteiger partial charge < -0.3 is 15.3 Å². The Morgan fingerprint density at radius 3 is 2.74 bits per heavy atom. The lowest BCUT2D eigenvalue weighted by molar-refractivity contribution is -0.135. The first-order chi connectivity index (χ1) is 9.24. The molecule has 0 saturated carbocycles. The summed E-state index contributed by atoms with van der Waals surface area (Å²) in [6.07, 6.45) is 0.752. The molecule has 0 atom stereocenters. The lowest BCUT2D eigenvalue weighted by atomic mass is 10.0. The molecule has 0 bridgehead atoms. The van der Waals surface area contributed by atoms with Crippen molar-refractivity contribution in [2.24, 2.45) is 5.16 Å². The number of likely N-dealkylation sites (N-methyl/N-ethyl adjacent to an activating group) is 1. The van der Waals surface area contributed by atoms with Gasteiger partial charge in [-0.1, -0.05) is 36.3 Å². The van der Waals surface area contributed by atoms with E-state index in [-0.39, 0.29) is 12.3 Å². The molecule has 0 radical (unpaired) electrons. The number of carbonyl (C=O) groups excluding carboxylic acids is 1. The van der Waals surface area contributed by atoms with Crippen molar-refractivity contribution in [2.75, 3.05) is 19.7 Å². The number of rotatable bonds is 7. The van der Waals surface area contributed by atoms with Gasteiger partial charge in [-0.15, -0.1) is 0 Å². The molecule has 0 aromatic heterocycles. The molecule has 2 N–H and O–H groups in total. The second-order valence-corrected chi connectivity index (χ2v) is 3.93. The van der Waals surface area contributed by atoms with E-state index in [2.05, 4.69) is 10.5 Å². The third-order valence-electron chi connectivity index (χ3n) is 2.66. The van der Waals surface area contributed by atoms with Gasteiger partial charge in [0.1, 0.15) is 0 Å². The zero-order valence-corrected chi connectivity index (χ0v) is 11.3. The number of nitrogens with zero attached hydrogens (tertiary/aromatic N) is 1. The summed E-state index contributed by atoms with van der Waals surface area (Å²) in [6.45, 7) is 5.68. The molecule has 0 unspecified atom stereocenters. The number of hydrogen-bond acceptors (Lipinski definition) is 5. The number of nitrogens with one attached hydrogen (secondary N) is 1. The maximum Gasteiger partial charge on any atom is 0.361 e. The molecule has 1 rings (SSSR count). The van der Waals surface area contributed by atoms with Crippen molar-refractivity contribution in [3.05, 3.63) is 35.4 Å². The van der Waals surface area contributed by atoms with E-state index in [1.165, 1.54) is 0 Å². The predicted molar refractivity (Wildman–Crippen MR) is 73.6 cm³/mol. The Balaban J connectivity index is 2.94. The van der Waals surface area contributed by atoms with Crippen LogP contribution in [0.2, 0.25) is 0 Å². The SMILES string of the molecule is CCNCCc1ccccc1C(=NO)C(=O)OCC. The fourth-order valence-electron chi connectivity index (χ4n) is 1.77. The number of esters is 1. The van der Waals surface area contributed by atoms with Crippen LogP contribution in [-0.2, 0) is 16.0 Å². The molecule has 1 aromatic rings. The van der Waals surface area contributed by atoms with E-state index < -0.39 is 5.97 Å². The minimum absolute atomic E-state index is 0.0473. The summed E-state index contributed by atoms with van der Waals surface area (Å²) in [4.78, 5) is 11.7. The molecule has 0 aliphatic rings. The molecule has 0 saturated heterocycles. The lowest BCUT2D eigenvalue weighted by Gasteiger charge is -2.10. The molecule has 5 heteroatoms. The Hall–Kier alpha value is -1.88. The van der Waals surface area contributed by atoms with Gasteiger partial charge >= 0.3 is 5.97 Å². The monoisotopic (exact) mass is 264 g/mol. The summed E-state index contributed by atoms with van der Waals surface area (Å²) < 4.78 is 4.88. The maximum atomic E-state index is 11.7. The molecule has 0 amide bonds. The summed E-state index contributed by atoms with van der Waals surface area (Å²) in [6, 6.07) is 7.37. The third-order valence-corrected chi connectivity index (χ3v) is 2.66. The molecule has 0 aliphatic heterocycles. The Morgan fingerprint density at radius 2 is 2.11 bits per heavy atom. The van der Waals surface area contributed by atoms with Gasteiger partial charge in [0.15, 0.2) is 5.71 Å². The quantitative estimate of drug-likeness (QED) is 0.258. The summed E-state index contributed by atoms with van der Waals surface area (Å²) in [7, 11) is 0. The van der Waals surface area contributed by atoms with Crippen LogP contribution in [0.3, 0.4) is 0 Å². The Morgan fingerprint density at radius 1 is 1.37 bits per heavy atom. The summed E-state index contributed by atoms with van der Waals surface area (Å²) in [5, 5.41) is 15.3. The molecular formula is C14H20N2O3. The van der Waals surface area contributed by atoms with Gasteiger partial charge in [0.2, 0.25) is 0 Å². The highest BCUT2D eigenvalue weighted by atomic mass is 16.5. The number of carbonyl (C=O) groups is 1. The smallest absolute Gasteiger partial charge is 0.361 e. The van der Waals surface area contributed by atoms with E-state index in [4.69, 9.17) is 9.94 Å². The summed E-state index contributed by atoms with van der Waals surface area (Å²) in [5.41, 5.74) is 1.51. The van der Waals surface area contributed by atoms with Crippen molar-refractivity contribution in [1.82, 2.24) is 5.32 Å². The highest BCUT2D eigenvalue weighted by Crippen LogP contribution is 2.12. The molecular weight excluding hydrogens is 244 g/mol. The van der Waals surface area contributed by atoms with E-state index in [0.717, 1.165) is 25.1 Å². The number of ether oxygens (including phenoxy) is 1. The van der Waals surface area contributed by atoms with Crippen LogP contribution in [-0.4, -0.2) is 36.6 Å². The van der Waals surface area contributed by atoms with E-state index in [9.17, 15) is 4.79 Å². The highest BCUT2D eigenvalue weighted by Gasteiger charge is 2.18. The lowest BCUT2D eigenvalue weighted by Crippen LogP contribution is -2.22. The van der Waals surface area contributed by atoms with Crippen LogP contribution in [0.4, 0.5) is 0 Å². The molecule has 0 heterocycles. The molecule has 104 valence electrons. The molecule has 0 aliphatic carbocycles. The van der Waals surface area contributed by atoms with Crippen LogP contribution in [0.25, 0.3) is 0 Å². The Kier molecular flexibility index (Phi) is 6.60. The minimum atomic E-state index is -0.610. The van der Waals surface area contributed by atoms with Crippen LogP contribution < -0.4 is 5.32 Å². The number of oxime groups is 1. The zero-order chi connectivity index (χ0) is 14.1. The molecule has 0 fully saturated rings. The van der Waals surface area contributed by atoms with E-state index >= 15 is 0 Å². The van der Waals surface area contributed by atoms with Gasteiger partial charge in [0.05, 0.1) is 6.61 Å². The van der Waals surface area contributed by atoms with Crippen molar-refractivity contribution < 1.29 is 14.7 Å². The van der Waals surface area contributed by atoms with Crippen molar-refractivity contribution in [1.29, 1.82) is 0 Å². The first kappa shape index (κ1) is 15.2. The van der Waals surface area contributed by atoms with Gasteiger partial charge in [-0.25, -0.2) is 4.79 Å². The average molecular weight is 264 g/mol. The van der Waals surface area contributed by atoms with E-state index in [0.29, 0.717) is 5.56 Å². The topological polar surface area (TPSA) is 70.9 Å².